The summed E-state index contributed by atoms with van der Waals surface area (Å²) < 4.78 is 18.3. The van der Waals surface area contributed by atoms with Gasteiger partial charge in [-0.2, -0.15) is 0 Å². The van der Waals surface area contributed by atoms with Gasteiger partial charge in [0.2, 0.25) is 0 Å². The first kappa shape index (κ1) is 29.6. The third kappa shape index (κ3) is 5.74. The second-order valence-corrected chi connectivity index (χ2v) is 12.0. The van der Waals surface area contributed by atoms with Gasteiger partial charge in [0.05, 0.1) is 45.6 Å². The van der Waals surface area contributed by atoms with Crippen molar-refractivity contribution in [2.75, 3.05) is 13.4 Å². The van der Waals surface area contributed by atoms with E-state index >= 15 is 0 Å². The predicted octanol–water partition coefficient (Wildman–Crippen LogP) is 5.61. The molecule has 0 N–H and O–H groups in total. The van der Waals surface area contributed by atoms with E-state index in [0.29, 0.717) is 37.7 Å². The topological polar surface area (TPSA) is 100 Å². The molecule has 0 radical (unpaired) electrons. The number of allylic oxidation sites excluding steroid dienone is 1. The number of rotatable bonds is 7. The van der Waals surface area contributed by atoms with Crippen molar-refractivity contribution in [2.45, 2.75) is 37.8 Å². The molecule has 1 aliphatic rings. The van der Waals surface area contributed by atoms with Crippen LogP contribution in [0.1, 0.15) is 48.5 Å². The van der Waals surface area contributed by atoms with E-state index in [1.165, 1.54) is 18.4 Å². The van der Waals surface area contributed by atoms with E-state index < -0.39 is 18.0 Å². The average molecular weight is 623 g/mol. The number of furan rings is 1. The molecule has 0 unspecified atom stereocenters. The molecule has 5 rings (SSSR count). The molecule has 0 saturated carbocycles. The number of thioether (sulfide) groups is 1. The molecule has 2 aromatic heterocycles. The smallest absolute Gasteiger partial charge is 0.339 e. The molecule has 0 aliphatic carbocycles. The molecular weight excluding hydrogens is 596 g/mol. The van der Waals surface area contributed by atoms with Crippen LogP contribution in [0.25, 0.3) is 17.4 Å². The number of thiazole rings is 1. The summed E-state index contributed by atoms with van der Waals surface area (Å²) in [6.45, 7) is 5.32. The molecule has 0 amide bonds. The van der Waals surface area contributed by atoms with Gasteiger partial charge in [-0.15, -0.1) is 11.8 Å². The van der Waals surface area contributed by atoms with Crippen LogP contribution in [0.5, 0.6) is 0 Å². The van der Waals surface area contributed by atoms with Gasteiger partial charge in [0.1, 0.15) is 11.5 Å². The van der Waals surface area contributed by atoms with Crippen molar-refractivity contribution in [1.82, 2.24) is 4.57 Å². The molecule has 0 spiro atoms. The Kier molecular flexibility index (Phi) is 8.58. The summed E-state index contributed by atoms with van der Waals surface area (Å²) in [6.07, 6.45) is 3.29. The van der Waals surface area contributed by atoms with E-state index in [0.717, 1.165) is 10.5 Å². The van der Waals surface area contributed by atoms with Gasteiger partial charge < -0.3 is 13.9 Å². The number of nitrogens with zero attached hydrogens (tertiary/aromatic N) is 2. The number of methoxy groups -OCH3 is 1. The minimum Gasteiger partial charge on any atom is -0.465 e. The van der Waals surface area contributed by atoms with Crippen LogP contribution in [-0.4, -0.2) is 36.0 Å². The van der Waals surface area contributed by atoms with Gasteiger partial charge in [-0.3, -0.25) is 9.36 Å². The van der Waals surface area contributed by atoms with Crippen molar-refractivity contribution in [1.29, 1.82) is 0 Å². The van der Waals surface area contributed by atoms with Gasteiger partial charge in [0.15, 0.2) is 4.80 Å². The normalized spacial score (nSPS) is 15.0. The van der Waals surface area contributed by atoms with Crippen molar-refractivity contribution in [3.63, 3.8) is 0 Å². The quantitative estimate of drug-likeness (QED) is 0.195. The highest BCUT2D eigenvalue weighted by atomic mass is 35.5. The van der Waals surface area contributed by atoms with Gasteiger partial charge in [-0.25, -0.2) is 14.6 Å². The first-order chi connectivity index (χ1) is 20.1. The second-order valence-electron chi connectivity index (χ2n) is 9.70. The van der Waals surface area contributed by atoms with Crippen LogP contribution in [0.3, 0.4) is 0 Å². The lowest BCUT2D eigenvalue weighted by molar-refractivity contribution is -0.143. The number of benzene rings is 2. The van der Waals surface area contributed by atoms with Crippen LogP contribution in [0.2, 0.25) is 5.02 Å². The Labute approximate surface area is 254 Å². The summed E-state index contributed by atoms with van der Waals surface area (Å²) in [5.74, 6) is -0.151. The number of hydrogen-bond acceptors (Lipinski definition) is 9. The molecule has 3 heterocycles. The Bertz CT molecular complexity index is 1900. The third-order valence-corrected chi connectivity index (χ3v) is 8.63. The molecule has 4 aromatic rings. The van der Waals surface area contributed by atoms with E-state index in [1.807, 2.05) is 30.5 Å². The SMILES string of the molecule is COC(=O)c1cc(-c2ccc(/C=c3\sc4n(c3=O)[C@@H](c3ccc(SC)cc3)C(C(=O)OC(C)C)=C(C)N=4)o2)ccc1Cl. The number of aromatic nitrogens is 1. The number of carbonyl (C=O) groups is 2. The van der Waals surface area contributed by atoms with Crippen molar-refractivity contribution in [2.24, 2.45) is 4.99 Å². The molecule has 11 heteroatoms. The van der Waals surface area contributed by atoms with Gasteiger partial charge in [-0.05, 0) is 75.1 Å². The minimum atomic E-state index is -0.705. The summed E-state index contributed by atoms with van der Waals surface area (Å²) in [5, 5.41) is 0.267. The molecule has 216 valence electrons. The Hall–Kier alpha value is -3.86. The summed E-state index contributed by atoms with van der Waals surface area (Å²) >= 11 is 8.97. The lowest BCUT2D eigenvalue weighted by Gasteiger charge is -2.25. The zero-order valence-corrected chi connectivity index (χ0v) is 25.9. The van der Waals surface area contributed by atoms with Crippen molar-refractivity contribution < 1.29 is 23.5 Å². The van der Waals surface area contributed by atoms with Crippen LogP contribution in [0.4, 0.5) is 0 Å². The van der Waals surface area contributed by atoms with Crippen LogP contribution in [0, 0.1) is 0 Å². The number of carbonyl (C=O) groups excluding carboxylic acids is 2. The molecule has 0 fully saturated rings. The lowest BCUT2D eigenvalue weighted by Crippen LogP contribution is -2.40. The number of fused-ring (bicyclic) bond motifs is 1. The highest BCUT2D eigenvalue weighted by molar-refractivity contribution is 7.98. The lowest BCUT2D eigenvalue weighted by atomic mass is 9.96. The molecule has 0 saturated heterocycles. The first-order valence-corrected chi connectivity index (χ1v) is 15.4. The van der Waals surface area contributed by atoms with Crippen LogP contribution < -0.4 is 14.9 Å². The van der Waals surface area contributed by atoms with Gasteiger partial charge in [0.25, 0.3) is 5.56 Å². The summed E-state index contributed by atoms with van der Waals surface area (Å²) in [5.41, 5.74) is 2.13. The van der Waals surface area contributed by atoms with Crippen molar-refractivity contribution in [3.8, 4) is 11.3 Å². The molecule has 1 atom stereocenters. The standard InChI is InChI=1S/C31H27ClN2O6S2/c1-16(2)39-30(37)26-17(3)33-31-34(27(26)18-6-10-21(41-5)11-7-18)28(35)25(42-31)15-20-9-13-24(40-20)19-8-12-23(32)22(14-19)29(36)38-4/h6-16,27H,1-5H3/b25-15-/t27-/m0/s1. The first-order valence-electron chi connectivity index (χ1n) is 13.0. The molecular formula is C31H27ClN2O6S2. The maximum absolute atomic E-state index is 13.9. The predicted molar refractivity (Wildman–Crippen MR) is 164 cm³/mol. The van der Waals surface area contributed by atoms with Crippen molar-refractivity contribution in [3.05, 3.63) is 107 Å². The van der Waals surface area contributed by atoms with Gasteiger partial charge >= 0.3 is 11.9 Å². The minimum absolute atomic E-state index is 0.218. The van der Waals surface area contributed by atoms with Crippen LogP contribution in [-0.2, 0) is 14.3 Å². The van der Waals surface area contributed by atoms with Gasteiger partial charge in [0, 0.05) is 16.5 Å². The molecule has 8 nitrogen and oxygen atoms in total. The van der Waals surface area contributed by atoms with E-state index in [2.05, 4.69) is 4.99 Å². The molecule has 42 heavy (non-hydrogen) atoms. The molecule has 1 aliphatic heterocycles. The van der Waals surface area contributed by atoms with Crippen LogP contribution >= 0.6 is 34.7 Å². The molecule has 0 bridgehead atoms. The summed E-state index contributed by atoms with van der Waals surface area (Å²) in [6, 6.07) is 15.4. The van der Waals surface area contributed by atoms with E-state index in [1.54, 1.807) is 73.5 Å². The Morgan fingerprint density at radius 3 is 2.52 bits per heavy atom. The van der Waals surface area contributed by atoms with E-state index in [9.17, 15) is 14.4 Å². The number of ether oxygens (including phenoxy) is 2. The Morgan fingerprint density at radius 1 is 1.12 bits per heavy atom. The summed E-state index contributed by atoms with van der Waals surface area (Å²) in [4.78, 5) is 45.4. The van der Waals surface area contributed by atoms with Crippen LogP contribution in [0.15, 0.2) is 85.0 Å². The Balaban J connectivity index is 1.60. The van der Waals surface area contributed by atoms with Gasteiger partial charge in [-0.1, -0.05) is 35.1 Å². The van der Waals surface area contributed by atoms with Crippen molar-refractivity contribution >= 4 is 52.7 Å². The number of esters is 2. The molecule has 2 aromatic carbocycles. The largest absolute Gasteiger partial charge is 0.465 e. The van der Waals surface area contributed by atoms with E-state index in [4.69, 9.17) is 25.5 Å². The third-order valence-electron chi connectivity index (χ3n) is 6.57. The average Bonchev–Trinajstić information content (AvgIpc) is 3.56. The monoisotopic (exact) mass is 622 g/mol. The van der Waals surface area contributed by atoms with E-state index in [-0.39, 0.29) is 22.2 Å². The summed E-state index contributed by atoms with van der Waals surface area (Å²) in [7, 11) is 1.29. The zero-order chi connectivity index (χ0) is 30.1. The fraction of sp³-hybridized carbons (Fsp3) is 0.226. The highest BCUT2D eigenvalue weighted by Crippen LogP contribution is 2.32. The maximum Gasteiger partial charge on any atom is 0.339 e. The Morgan fingerprint density at radius 2 is 1.86 bits per heavy atom. The zero-order valence-electron chi connectivity index (χ0n) is 23.5. The number of hydrogen-bond donors (Lipinski definition) is 0. The number of halogens is 1. The second kappa shape index (κ2) is 12.2. The highest BCUT2D eigenvalue weighted by Gasteiger charge is 2.33. The maximum atomic E-state index is 13.9. The fourth-order valence-corrected chi connectivity index (χ4v) is 6.25. The fourth-order valence-electron chi connectivity index (χ4n) is 4.62.